The van der Waals surface area contributed by atoms with E-state index in [-0.39, 0.29) is 0 Å². The molecule has 0 saturated heterocycles. The molecule has 28 heavy (non-hydrogen) atoms. The highest BCUT2D eigenvalue weighted by Gasteiger charge is 2.18. The van der Waals surface area contributed by atoms with Crippen molar-refractivity contribution < 1.29 is 0 Å². The molecule has 1 N–H and O–H groups in total. The molecule has 0 fully saturated rings. The summed E-state index contributed by atoms with van der Waals surface area (Å²) in [6.07, 6.45) is 6.71. The van der Waals surface area contributed by atoms with Crippen LogP contribution in [-0.2, 0) is 26.1 Å². The normalized spacial score (nSPS) is 14.0. The molecule has 144 valence electrons. The van der Waals surface area contributed by atoms with Crippen molar-refractivity contribution in [1.29, 1.82) is 0 Å². The lowest BCUT2D eigenvalue weighted by Crippen LogP contribution is -2.44. The average molecular weight is 374 g/mol. The van der Waals surface area contributed by atoms with Gasteiger partial charge < -0.3 is 14.8 Å². The van der Waals surface area contributed by atoms with Crippen LogP contribution in [0.4, 0.5) is 0 Å². The number of nitrogens with zero attached hydrogens (tertiary/aromatic N) is 4. The van der Waals surface area contributed by atoms with Gasteiger partial charge in [-0.15, -0.1) is 0 Å². The molecule has 0 unspecified atom stereocenters. The van der Waals surface area contributed by atoms with E-state index in [0.29, 0.717) is 6.54 Å². The molecule has 0 aliphatic carbocycles. The van der Waals surface area contributed by atoms with E-state index in [9.17, 15) is 0 Å². The number of guanidine groups is 1. The number of hydrogen-bond acceptors (Lipinski definition) is 2. The molecule has 0 atom stereocenters. The average Bonchev–Trinajstić information content (AvgIpc) is 3.25. The van der Waals surface area contributed by atoms with Crippen molar-refractivity contribution in [2.45, 2.75) is 33.0 Å². The zero-order chi connectivity index (χ0) is 19.2. The van der Waals surface area contributed by atoms with Crippen LogP contribution < -0.4 is 5.32 Å². The molecular weight excluding hydrogens is 346 g/mol. The van der Waals surface area contributed by atoms with Crippen LogP contribution in [-0.4, -0.2) is 33.5 Å². The molecule has 1 aliphatic heterocycles. The highest BCUT2D eigenvalue weighted by atomic mass is 15.3. The van der Waals surface area contributed by atoms with E-state index in [0.717, 1.165) is 38.6 Å². The minimum Gasteiger partial charge on any atom is -0.356 e. The molecule has 5 heteroatoms. The van der Waals surface area contributed by atoms with Gasteiger partial charge in [0.2, 0.25) is 0 Å². The molecule has 5 nitrogen and oxygen atoms in total. The van der Waals surface area contributed by atoms with Gasteiger partial charge in [-0.3, -0.25) is 0 Å². The SMILES string of the molecule is CCNC(=NCc1ccc(Cn2ccnc2)cc1)N1CCc2ccccc2C1. The van der Waals surface area contributed by atoms with Crippen molar-refractivity contribution in [1.82, 2.24) is 19.8 Å². The third-order valence-corrected chi connectivity index (χ3v) is 5.12. The first-order chi connectivity index (χ1) is 13.8. The molecule has 0 bridgehead atoms. The summed E-state index contributed by atoms with van der Waals surface area (Å²) in [6.45, 7) is 6.46. The highest BCUT2D eigenvalue weighted by molar-refractivity contribution is 5.80. The summed E-state index contributed by atoms with van der Waals surface area (Å²) in [5.41, 5.74) is 5.36. The summed E-state index contributed by atoms with van der Waals surface area (Å²) in [6, 6.07) is 17.4. The number of nitrogens with one attached hydrogen (secondary N) is 1. The van der Waals surface area contributed by atoms with E-state index in [1.807, 2.05) is 18.7 Å². The smallest absolute Gasteiger partial charge is 0.194 e. The van der Waals surface area contributed by atoms with Gasteiger partial charge in [-0.05, 0) is 35.6 Å². The molecule has 1 aliphatic rings. The fourth-order valence-electron chi connectivity index (χ4n) is 3.61. The van der Waals surface area contributed by atoms with Crippen LogP contribution in [0, 0.1) is 0 Å². The van der Waals surface area contributed by atoms with Crippen LogP contribution in [0.25, 0.3) is 0 Å². The van der Waals surface area contributed by atoms with Crippen LogP contribution in [0.2, 0.25) is 0 Å². The van der Waals surface area contributed by atoms with Crippen molar-refractivity contribution in [3.05, 3.63) is 89.5 Å². The van der Waals surface area contributed by atoms with Gasteiger partial charge >= 0.3 is 0 Å². The predicted octanol–water partition coefficient (Wildman–Crippen LogP) is 3.46. The van der Waals surface area contributed by atoms with Crippen molar-refractivity contribution in [2.24, 2.45) is 4.99 Å². The summed E-state index contributed by atoms with van der Waals surface area (Å²) < 4.78 is 2.07. The number of benzene rings is 2. The Balaban J connectivity index is 1.42. The van der Waals surface area contributed by atoms with Crippen LogP contribution in [0.15, 0.2) is 72.2 Å². The lowest BCUT2D eigenvalue weighted by Gasteiger charge is -2.31. The lowest BCUT2D eigenvalue weighted by atomic mass is 10.0. The summed E-state index contributed by atoms with van der Waals surface area (Å²) in [5.74, 6) is 1.000. The standard InChI is InChI=1S/C23H27N5/c1-2-25-23(28-13-11-21-5-3-4-6-22(21)17-28)26-15-19-7-9-20(10-8-19)16-27-14-12-24-18-27/h3-10,12,14,18H,2,11,13,15-17H2,1H3,(H,25,26). The fraction of sp³-hybridized carbons (Fsp3) is 0.304. The first-order valence-electron chi connectivity index (χ1n) is 9.95. The maximum absolute atomic E-state index is 4.90. The Hall–Kier alpha value is -3.08. The van der Waals surface area contributed by atoms with Crippen LogP contribution in [0.3, 0.4) is 0 Å². The monoisotopic (exact) mass is 373 g/mol. The van der Waals surface area contributed by atoms with Gasteiger partial charge in [-0.25, -0.2) is 9.98 Å². The second-order valence-corrected chi connectivity index (χ2v) is 7.16. The molecule has 2 aromatic carbocycles. The minimum atomic E-state index is 0.686. The zero-order valence-corrected chi connectivity index (χ0v) is 16.4. The molecule has 1 aromatic heterocycles. The summed E-state index contributed by atoms with van der Waals surface area (Å²) in [4.78, 5) is 11.4. The predicted molar refractivity (Wildman–Crippen MR) is 113 cm³/mol. The minimum absolute atomic E-state index is 0.686. The molecule has 4 rings (SSSR count). The fourth-order valence-corrected chi connectivity index (χ4v) is 3.61. The number of imidazole rings is 1. The van der Waals surface area contributed by atoms with E-state index in [4.69, 9.17) is 4.99 Å². The summed E-state index contributed by atoms with van der Waals surface area (Å²) in [5, 5.41) is 3.46. The van der Waals surface area contributed by atoms with Crippen LogP contribution in [0.5, 0.6) is 0 Å². The van der Waals surface area contributed by atoms with Gasteiger partial charge in [-0.1, -0.05) is 48.5 Å². The first kappa shape index (κ1) is 18.3. The zero-order valence-electron chi connectivity index (χ0n) is 16.4. The second-order valence-electron chi connectivity index (χ2n) is 7.16. The molecule has 0 spiro atoms. The molecule has 0 radical (unpaired) electrons. The van der Waals surface area contributed by atoms with Gasteiger partial charge in [-0.2, -0.15) is 0 Å². The quantitative estimate of drug-likeness (QED) is 0.550. The Morgan fingerprint density at radius 2 is 1.86 bits per heavy atom. The summed E-state index contributed by atoms with van der Waals surface area (Å²) >= 11 is 0. The first-order valence-corrected chi connectivity index (χ1v) is 9.95. The maximum atomic E-state index is 4.90. The van der Waals surface area contributed by atoms with Gasteiger partial charge in [0.25, 0.3) is 0 Å². The lowest BCUT2D eigenvalue weighted by molar-refractivity contribution is 0.378. The Labute approximate surface area is 166 Å². The van der Waals surface area contributed by atoms with Crippen molar-refractivity contribution >= 4 is 5.96 Å². The van der Waals surface area contributed by atoms with Gasteiger partial charge in [0, 0.05) is 38.6 Å². The number of aliphatic imine (C=N–C) groups is 1. The molecular formula is C23H27N5. The number of hydrogen-bond donors (Lipinski definition) is 1. The van der Waals surface area contributed by atoms with Crippen molar-refractivity contribution in [2.75, 3.05) is 13.1 Å². The highest BCUT2D eigenvalue weighted by Crippen LogP contribution is 2.18. The molecule has 0 saturated carbocycles. The molecule has 0 amide bonds. The van der Waals surface area contributed by atoms with Gasteiger partial charge in [0.1, 0.15) is 0 Å². The number of aromatic nitrogens is 2. The molecule has 3 aromatic rings. The van der Waals surface area contributed by atoms with E-state index >= 15 is 0 Å². The van der Waals surface area contributed by atoms with Crippen LogP contribution in [0.1, 0.15) is 29.2 Å². The Bertz CT molecular complexity index is 912. The van der Waals surface area contributed by atoms with Gasteiger partial charge in [0.15, 0.2) is 5.96 Å². The van der Waals surface area contributed by atoms with E-state index < -0.39 is 0 Å². The Morgan fingerprint density at radius 1 is 1.07 bits per heavy atom. The van der Waals surface area contributed by atoms with Crippen molar-refractivity contribution in [3.63, 3.8) is 0 Å². The number of fused-ring (bicyclic) bond motifs is 1. The van der Waals surface area contributed by atoms with Crippen LogP contribution >= 0.6 is 0 Å². The van der Waals surface area contributed by atoms with Gasteiger partial charge in [0.05, 0.1) is 12.9 Å². The largest absolute Gasteiger partial charge is 0.356 e. The third kappa shape index (κ3) is 4.42. The van der Waals surface area contributed by atoms with E-state index in [2.05, 4.69) is 75.2 Å². The summed E-state index contributed by atoms with van der Waals surface area (Å²) in [7, 11) is 0. The second kappa shape index (κ2) is 8.74. The maximum Gasteiger partial charge on any atom is 0.194 e. The molecule has 2 heterocycles. The Kier molecular flexibility index (Phi) is 5.71. The van der Waals surface area contributed by atoms with E-state index in [1.54, 1.807) is 0 Å². The topological polar surface area (TPSA) is 45.5 Å². The Morgan fingerprint density at radius 3 is 2.61 bits per heavy atom. The van der Waals surface area contributed by atoms with E-state index in [1.165, 1.54) is 22.3 Å². The van der Waals surface area contributed by atoms with Crippen molar-refractivity contribution in [3.8, 4) is 0 Å². The third-order valence-electron chi connectivity index (χ3n) is 5.12. The number of rotatable bonds is 5.